The van der Waals surface area contributed by atoms with E-state index in [4.69, 9.17) is 0 Å². The third kappa shape index (κ3) is 2.24. The molecule has 0 aliphatic rings. The van der Waals surface area contributed by atoms with Crippen LogP contribution in [0.15, 0.2) is 40.1 Å². The van der Waals surface area contributed by atoms with Crippen LogP contribution in [0.4, 0.5) is 0 Å². The number of benzene rings is 1. The smallest absolute Gasteiger partial charge is 0.171 e. The molecule has 0 bridgehead atoms. The molecule has 0 fully saturated rings. The minimum absolute atomic E-state index is 0.661. The molecule has 0 unspecified atom stereocenters. The zero-order chi connectivity index (χ0) is 11.7. The molecule has 0 spiro atoms. The Hall–Kier alpha value is -1.24. The second-order valence-corrected chi connectivity index (χ2v) is 5.86. The highest BCUT2D eigenvalue weighted by Gasteiger charge is 2.10. The first-order chi connectivity index (χ1) is 8.33. The molecular weight excluding hydrogens is 270 g/mol. The van der Waals surface area contributed by atoms with Gasteiger partial charge < -0.3 is 0 Å². The van der Waals surface area contributed by atoms with Crippen LogP contribution in [0.5, 0.6) is 0 Å². The van der Waals surface area contributed by atoms with Crippen LogP contribution < -0.4 is 0 Å². The van der Waals surface area contributed by atoms with Gasteiger partial charge in [-0.2, -0.15) is 0 Å². The predicted molar refractivity (Wildman–Crippen MR) is 73.7 cm³/mol. The van der Waals surface area contributed by atoms with Gasteiger partial charge in [0.25, 0.3) is 0 Å². The number of hydrogen-bond donors (Lipinski definition) is 1. The second-order valence-electron chi connectivity index (χ2n) is 3.29. The van der Waals surface area contributed by atoms with Gasteiger partial charge in [-0.3, -0.25) is 0 Å². The van der Waals surface area contributed by atoms with E-state index in [1.54, 1.807) is 11.3 Å². The molecule has 0 atom stereocenters. The van der Waals surface area contributed by atoms with Crippen molar-refractivity contribution in [3.63, 3.8) is 0 Å². The lowest BCUT2D eigenvalue weighted by molar-refractivity contribution is 1.02. The zero-order valence-corrected chi connectivity index (χ0v) is 11.1. The van der Waals surface area contributed by atoms with Gasteiger partial charge in [0, 0.05) is 10.9 Å². The predicted octanol–water partition coefficient (Wildman–Crippen LogP) is 3.62. The number of aromatic nitrogens is 3. The molecule has 0 N–H and O–H groups in total. The van der Waals surface area contributed by atoms with Gasteiger partial charge in [0.2, 0.25) is 0 Å². The Kier molecular flexibility index (Phi) is 2.92. The highest BCUT2D eigenvalue weighted by Crippen LogP contribution is 2.30. The van der Waals surface area contributed by atoms with Crippen LogP contribution >= 0.6 is 35.3 Å². The molecule has 2 aromatic heterocycles. The van der Waals surface area contributed by atoms with E-state index in [1.165, 1.54) is 11.3 Å². The summed E-state index contributed by atoms with van der Waals surface area (Å²) >= 11 is 7.20. The van der Waals surface area contributed by atoms with Gasteiger partial charge in [0.05, 0.1) is 0 Å². The van der Waals surface area contributed by atoms with Crippen molar-refractivity contribution in [2.75, 3.05) is 0 Å². The van der Waals surface area contributed by atoms with Gasteiger partial charge in [-0.25, -0.2) is 4.98 Å². The number of nitrogens with zero attached hydrogens (tertiary/aromatic N) is 3. The Morgan fingerprint density at radius 1 is 1.00 bits per heavy atom. The van der Waals surface area contributed by atoms with Crippen molar-refractivity contribution < 1.29 is 0 Å². The Balaban J connectivity index is 1.99. The quantitative estimate of drug-likeness (QED) is 0.727. The van der Waals surface area contributed by atoms with Gasteiger partial charge in [-0.1, -0.05) is 41.7 Å². The lowest BCUT2D eigenvalue weighted by Gasteiger charge is -1.93. The third-order valence-electron chi connectivity index (χ3n) is 2.16. The Morgan fingerprint density at radius 2 is 1.82 bits per heavy atom. The summed E-state index contributed by atoms with van der Waals surface area (Å²) in [4.78, 5) is 4.56. The summed E-state index contributed by atoms with van der Waals surface area (Å²) < 4.78 is 0.661. The topological polar surface area (TPSA) is 38.7 Å². The molecule has 1 aromatic carbocycles. The van der Waals surface area contributed by atoms with E-state index in [9.17, 15) is 0 Å². The van der Waals surface area contributed by atoms with Crippen molar-refractivity contribution in [3.05, 3.63) is 35.7 Å². The average Bonchev–Trinajstić information content (AvgIpc) is 2.98. The zero-order valence-electron chi connectivity index (χ0n) is 8.57. The van der Waals surface area contributed by atoms with Crippen molar-refractivity contribution in [1.82, 2.24) is 15.2 Å². The van der Waals surface area contributed by atoms with E-state index in [-0.39, 0.29) is 0 Å². The number of rotatable bonds is 2. The van der Waals surface area contributed by atoms with Gasteiger partial charge in [-0.15, -0.1) is 34.2 Å². The summed E-state index contributed by atoms with van der Waals surface area (Å²) in [5.41, 5.74) is 1.99. The van der Waals surface area contributed by atoms with Crippen molar-refractivity contribution in [2.45, 2.75) is 4.34 Å². The summed E-state index contributed by atoms with van der Waals surface area (Å²) in [5.74, 6) is 0. The van der Waals surface area contributed by atoms with E-state index in [0.717, 1.165) is 21.3 Å². The van der Waals surface area contributed by atoms with Crippen LogP contribution in [0, 0.1) is 0 Å². The van der Waals surface area contributed by atoms with Gasteiger partial charge in [0.1, 0.15) is 10.7 Å². The Morgan fingerprint density at radius 3 is 2.53 bits per heavy atom. The average molecular weight is 277 g/mol. The van der Waals surface area contributed by atoms with E-state index in [0.29, 0.717) is 4.34 Å². The number of hydrogen-bond acceptors (Lipinski definition) is 6. The van der Waals surface area contributed by atoms with Gasteiger partial charge >= 0.3 is 0 Å². The molecule has 17 heavy (non-hydrogen) atoms. The largest absolute Gasteiger partial charge is 0.233 e. The summed E-state index contributed by atoms with van der Waals surface area (Å²) in [6.07, 6.45) is 0. The van der Waals surface area contributed by atoms with Crippen LogP contribution in [0.25, 0.3) is 21.3 Å². The van der Waals surface area contributed by atoms with Crippen molar-refractivity contribution in [3.8, 4) is 21.3 Å². The van der Waals surface area contributed by atoms with Crippen molar-refractivity contribution >= 4 is 35.3 Å². The second kappa shape index (κ2) is 4.56. The maximum absolute atomic E-state index is 4.56. The molecule has 2 heterocycles. The summed E-state index contributed by atoms with van der Waals surface area (Å²) in [6.45, 7) is 0. The van der Waals surface area contributed by atoms with Gasteiger partial charge in [0.15, 0.2) is 9.35 Å². The first-order valence-corrected chi connectivity index (χ1v) is 7.01. The first-order valence-electron chi connectivity index (χ1n) is 4.87. The van der Waals surface area contributed by atoms with Crippen LogP contribution in [0.2, 0.25) is 0 Å². The fourth-order valence-corrected chi connectivity index (χ4v) is 3.14. The molecule has 3 rings (SSSR count). The third-order valence-corrected chi connectivity index (χ3v) is 4.16. The van der Waals surface area contributed by atoms with Crippen LogP contribution in [-0.4, -0.2) is 15.2 Å². The van der Waals surface area contributed by atoms with E-state index in [2.05, 4.69) is 27.8 Å². The molecule has 3 nitrogen and oxygen atoms in total. The lowest BCUT2D eigenvalue weighted by Crippen LogP contribution is -1.78. The SMILES string of the molecule is Sc1nnc(-c2csc(-c3ccccc3)n2)s1. The van der Waals surface area contributed by atoms with Gasteiger partial charge in [-0.05, 0) is 0 Å². The molecule has 84 valence electrons. The standard InChI is InChI=1S/C11H7N3S3/c15-11-14-13-10(17-11)8-6-16-9(12-8)7-4-2-1-3-5-7/h1-6H,(H,14,15). The molecule has 0 amide bonds. The summed E-state index contributed by atoms with van der Waals surface area (Å²) in [5, 5.41) is 11.7. The van der Waals surface area contributed by atoms with E-state index >= 15 is 0 Å². The molecule has 0 saturated carbocycles. The molecule has 0 radical (unpaired) electrons. The van der Waals surface area contributed by atoms with E-state index < -0.39 is 0 Å². The molecular formula is C11H7N3S3. The van der Waals surface area contributed by atoms with Crippen LogP contribution in [0.1, 0.15) is 0 Å². The molecule has 0 aliphatic heterocycles. The van der Waals surface area contributed by atoms with Crippen molar-refractivity contribution in [1.29, 1.82) is 0 Å². The number of thiol groups is 1. The fourth-order valence-electron chi connectivity index (χ4n) is 1.40. The highest BCUT2D eigenvalue weighted by atomic mass is 32.2. The minimum atomic E-state index is 0.661. The summed E-state index contributed by atoms with van der Waals surface area (Å²) in [6, 6.07) is 10.1. The van der Waals surface area contributed by atoms with Crippen LogP contribution in [0.3, 0.4) is 0 Å². The normalized spacial score (nSPS) is 10.6. The molecule has 0 aliphatic carbocycles. The lowest BCUT2D eigenvalue weighted by atomic mass is 10.2. The van der Waals surface area contributed by atoms with Crippen molar-refractivity contribution in [2.24, 2.45) is 0 Å². The maximum atomic E-state index is 4.56. The monoisotopic (exact) mass is 277 g/mol. The van der Waals surface area contributed by atoms with Crippen LogP contribution in [-0.2, 0) is 0 Å². The number of thiazole rings is 1. The Bertz CT molecular complexity index is 630. The molecule has 3 aromatic rings. The van der Waals surface area contributed by atoms with E-state index in [1.807, 2.05) is 35.7 Å². The Labute approximate surface area is 112 Å². The minimum Gasteiger partial charge on any atom is -0.233 e. The first kappa shape index (κ1) is 10.9. The molecule has 0 saturated heterocycles. The maximum Gasteiger partial charge on any atom is 0.171 e. The fraction of sp³-hybridized carbons (Fsp3) is 0. The molecule has 6 heteroatoms. The summed E-state index contributed by atoms with van der Waals surface area (Å²) in [7, 11) is 0. The highest BCUT2D eigenvalue weighted by molar-refractivity contribution is 7.82.